The largest absolute Gasteiger partial charge is 0.339 e. The van der Waals surface area contributed by atoms with Crippen LogP contribution in [0.25, 0.3) is 0 Å². The molecule has 1 amide bonds. The fourth-order valence-electron chi connectivity index (χ4n) is 1.94. The van der Waals surface area contributed by atoms with Crippen LogP contribution in [0.5, 0.6) is 0 Å². The maximum Gasteiger partial charge on any atom is 0.226 e. The lowest BCUT2D eigenvalue weighted by atomic mass is 10.0. The molecule has 0 aromatic heterocycles. The molecule has 0 bridgehead atoms. The molecule has 0 saturated carbocycles. The number of amides is 1. The Balaban J connectivity index is 2.63. The second kappa shape index (κ2) is 7.17. The van der Waals surface area contributed by atoms with Crippen LogP contribution in [0.15, 0.2) is 30.3 Å². The molecule has 100 valence electrons. The average Bonchev–Trinajstić information content (AvgIpc) is 2.43. The lowest BCUT2D eigenvalue weighted by molar-refractivity contribution is -0.135. The summed E-state index contributed by atoms with van der Waals surface area (Å²) in [6, 6.07) is 10.2. The highest BCUT2D eigenvalue weighted by molar-refractivity contribution is 5.78. The zero-order valence-electron chi connectivity index (χ0n) is 11.8. The molecule has 0 aliphatic rings. The van der Waals surface area contributed by atoms with E-state index in [1.807, 2.05) is 44.0 Å². The van der Waals surface area contributed by atoms with Gasteiger partial charge in [-0.2, -0.15) is 0 Å². The zero-order chi connectivity index (χ0) is 13.5. The van der Waals surface area contributed by atoms with Crippen LogP contribution in [-0.2, 0) is 4.79 Å². The second-order valence-electron chi connectivity index (χ2n) is 4.74. The molecule has 0 aliphatic carbocycles. The molecule has 0 aliphatic heterocycles. The normalized spacial score (nSPS) is 14.0. The summed E-state index contributed by atoms with van der Waals surface area (Å²) in [5.74, 6) is 0.202. The maximum absolute atomic E-state index is 12.2. The van der Waals surface area contributed by atoms with Gasteiger partial charge in [0.15, 0.2) is 0 Å². The quantitative estimate of drug-likeness (QED) is 0.838. The summed E-state index contributed by atoms with van der Waals surface area (Å²) >= 11 is 0. The lowest BCUT2D eigenvalue weighted by Crippen LogP contribution is -2.38. The molecule has 2 unspecified atom stereocenters. The third-order valence-electron chi connectivity index (χ3n) is 3.33. The monoisotopic (exact) mass is 248 g/mol. The number of carbonyl (C=O) groups excluding carboxylic acids is 1. The molecule has 0 spiro atoms. The van der Waals surface area contributed by atoms with Gasteiger partial charge in [0.05, 0.1) is 6.04 Å². The third-order valence-corrected chi connectivity index (χ3v) is 3.33. The van der Waals surface area contributed by atoms with E-state index in [1.54, 1.807) is 0 Å². The average molecular weight is 248 g/mol. The molecule has 1 rings (SSSR count). The van der Waals surface area contributed by atoms with Gasteiger partial charge in [0, 0.05) is 19.5 Å². The summed E-state index contributed by atoms with van der Waals surface area (Å²) in [6.45, 7) is 7.72. The van der Waals surface area contributed by atoms with Gasteiger partial charge in [-0.3, -0.25) is 4.79 Å². The number of hydrogen-bond acceptors (Lipinski definition) is 2. The van der Waals surface area contributed by atoms with Crippen molar-refractivity contribution in [2.75, 3.05) is 20.1 Å². The van der Waals surface area contributed by atoms with Crippen molar-refractivity contribution >= 4 is 5.91 Å². The van der Waals surface area contributed by atoms with E-state index in [1.165, 1.54) is 5.56 Å². The molecule has 0 heterocycles. The summed E-state index contributed by atoms with van der Waals surface area (Å²) in [5.41, 5.74) is 1.17. The van der Waals surface area contributed by atoms with E-state index in [-0.39, 0.29) is 17.9 Å². The Morgan fingerprint density at radius 3 is 2.44 bits per heavy atom. The van der Waals surface area contributed by atoms with Gasteiger partial charge in [-0.1, -0.05) is 44.2 Å². The first-order valence-corrected chi connectivity index (χ1v) is 6.60. The van der Waals surface area contributed by atoms with Gasteiger partial charge in [-0.05, 0) is 19.0 Å². The van der Waals surface area contributed by atoms with Crippen molar-refractivity contribution < 1.29 is 4.79 Å². The molecule has 18 heavy (non-hydrogen) atoms. The fraction of sp³-hybridized carbons (Fsp3) is 0.533. The van der Waals surface area contributed by atoms with E-state index in [0.29, 0.717) is 0 Å². The van der Waals surface area contributed by atoms with Crippen molar-refractivity contribution in [3.05, 3.63) is 35.9 Å². The molecule has 1 aromatic rings. The van der Waals surface area contributed by atoms with Crippen LogP contribution >= 0.6 is 0 Å². The van der Waals surface area contributed by atoms with E-state index in [0.717, 1.165) is 13.1 Å². The maximum atomic E-state index is 12.2. The Morgan fingerprint density at radius 1 is 1.28 bits per heavy atom. The van der Waals surface area contributed by atoms with Crippen molar-refractivity contribution in [1.29, 1.82) is 0 Å². The molecule has 0 saturated heterocycles. The minimum Gasteiger partial charge on any atom is -0.339 e. The van der Waals surface area contributed by atoms with Crippen LogP contribution < -0.4 is 5.32 Å². The molecule has 3 nitrogen and oxygen atoms in total. The molecule has 1 N–H and O–H groups in total. The lowest BCUT2D eigenvalue weighted by Gasteiger charge is -2.28. The van der Waals surface area contributed by atoms with Crippen LogP contribution in [-0.4, -0.2) is 30.9 Å². The van der Waals surface area contributed by atoms with Gasteiger partial charge in [-0.25, -0.2) is 0 Å². The van der Waals surface area contributed by atoms with Crippen molar-refractivity contribution in [3.8, 4) is 0 Å². The van der Waals surface area contributed by atoms with Gasteiger partial charge < -0.3 is 10.2 Å². The highest BCUT2D eigenvalue weighted by atomic mass is 16.2. The van der Waals surface area contributed by atoms with Gasteiger partial charge in [-0.15, -0.1) is 0 Å². The molecular formula is C15H24N2O. The first-order chi connectivity index (χ1) is 8.57. The van der Waals surface area contributed by atoms with E-state index in [2.05, 4.69) is 24.4 Å². The van der Waals surface area contributed by atoms with E-state index in [4.69, 9.17) is 0 Å². The Labute approximate surface area is 110 Å². The molecular weight excluding hydrogens is 224 g/mol. The minimum absolute atomic E-state index is 0.0149. The van der Waals surface area contributed by atoms with Crippen molar-refractivity contribution in [2.24, 2.45) is 5.92 Å². The summed E-state index contributed by atoms with van der Waals surface area (Å²) in [4.78, 5) is 14.1. The van der Waals surface area contributed by atoms with Crippen LogP contribution in [0.1, 0.15) is 32.4 Å². The van der Waals surface area contributed by atoms with Crippen LogP contribution in [0.2, 0.25) is 0 Å². The summed E-state index contributed by atoms with van der Waals surface area (Å²) in [5, 5.41) is 3.21. The molecule has 1 aromatic carbocycles. The molecule has 2 atom stereocenters. The smallest absolute Gasteiger partial charge is 0.226 e. The van der Waals surface area contributed by atoms with E-state index >= 15 is 0 Å². The SMILES string of the molecule is CCNCC(C)C(=O)N(C)C(C)c1ccccc1. The summed E-state index contributed by atoms with van der Waals surface area (Å²) in [7, 11) is 1.88. The number of nitrogens with zero attached hydrogens (tertiary/aromatic N) is 1. The zero-order valence-corrected chi connectivity index (χ0v) is 11.8. The Morgan fingerprint density at radius 2 is 1.89 bits per heavy atom. The summed E-state index contributed by atoms with van der Waals surface area (Å²) < 4.78 is 0. The number of hydrogen-bond donors (Lipinski definition) is 1. The first kappa shape index (κ1) is 14.7. The number of rotatable bonds is 6. The van der Waals surface area contributed by atoms with E-state index < -0.39 is 0 Å². The van der Waals surface area contributed by atoms with E-state index in [9.17, 15) is 4.79 Å². The topological polar surface area (TPSA) is 32.3 Å². The van der Waals surface area contributed by atoms with Gasteiger partial charge in [0.2, 0.25) is 5.91 Å². The summed E-state index contributed by atoms with van der Waals surface area (Å²) in [6.07, 6.45) is 0. The predicted octanol–water partition coefficient (Wildman–Crippen LogP) is 2.45. The van der Waals surface area contributed by atoms with Crippen LogP contribution in [0.4, 0.5) is 0 Å². The minimum atomic E-state index is 0.0149. The standard InChI is InChI=1S/C15H24N2O/c1-5-16-11-12(2)15(18)17(4)13(3)14-9-7-6-8-10-14/h6-10,12-13,16H,5,11H2,1-4H3. The van der Waals surface area contributed by atoms with Crippen molar-refractivity contribution in [3.63, 3.8) is 0 Å². The molecule has 0 radical (unpaired) electrons. The number of benzene rings is 1. The highest BCUT2D eigenvalue weighted by Gasteiger charge is 2.21. The Kier molecular flexibility index (Phi) is 5.86. The van der Waals surface area contributed by atoms with Gasteiger partial charge >= 0.3 is 0 Å². The van der Waals surface area contributed by atoms with Gasteiger partial charge in [0.25, 0.3) is 0 Å². The highest BCUT2D eigenvalue weighted by Crippen LogP contribution is 2.19. The molecule has 0 fully saturated rings. The molecule has 3 heteroatoms. The third kappa shape index (κ3) is 3.84. The van der Waals surface area contributed by atoms with Crippen molar-refractivity contribution in [2.45, 2.75) is 26.8 Å². The Hall–Kier alpha value is -1.35. The van der Waals surface area contributed by atoms with Crippen LogP contribution in [0.3, 0.4) is 0 Å². The van der Waals surface area contributed by atoms with Gasteiger partial charge in [0.1, 0.15) is 0 Å². The first-order valence-electron chi connectivity index (χ1n) is 6.60. The van der Waals surface area contributed by atoms with Crippen molar-refractivity contribution in [1.82, 2.24) is 10.2 Å². The predicted molar refractivity (Wildman–Crippen MR) is 75.3 cm³/mol. The van der Waals surface area contributed by atoms with Crippen LogP contribution in [0, 0.1) is 5.92 Å². The number of carbonyl (C=O) groups is 1. The fourth-order valence-corrected chi connectivity index (χ4v) is 1.94. The number of nitrogens with one attached hydrogen (secondary N) is 1. The second-order valence-corrected chi connectivity index (χ2v) is 4.74. The Bertz CT molecular complexity index is 364.